The van der Waals surface area contributed by atoms with Gasteiger partial charge in [0.05, 0.1) is 55.2 Å². The number of carbonyl (C=O) groups excluding carboxylic acids is 1. The zero-order valence-corrected chi connectivity index (χ0v) is 27.6. The first-order chi connectivity index (χ1) is 24.9. The molecule has 3 heterocycles. The Kier molecular flexibility index (Phi) is 14.2. The van der Waals surface area contributed by atoms with Gasteiger partial charge in [0.1, 0.15) is 18.4 Å². The van der Waals surface area contributed by atoms with Crippen LogP contribution < -0.4 is 21.9 Å². The van der Waals surface area contributed by atoms with Gasteiger partial charge in [0.15, 0.2) is 12.4 Å². The molecule has 2 saturated heterocycles. The van der Waals surface area contributed by atoms with Gasteiger partial charge in [-0.1, -0.05) is 20.5 Å². The van der Waals surface area contributed by atoms with E-state index < -0.39 is 103 Å². The fourth-order valence-corrected chi connectivity index (χ4v) is 6.29. The lowest BCUT2D eigenvalue weighted by molar-refractivity contribution is -0.279. The Morgan fingerprint density at radius 2 is 1.65 bits per heavy atom. The van der Waals surface area contributed by atoms with Crippen molar-refractivity contribution in [1.82, 2.24) is 20.2 Å². The summed E-state index contributed by atoms with van der Waals surface area (Å²) in [5, 5.41) is 62.7. The highest BCUT2D eigenvalue weighted by Gasteiger charge is 2.50. The maximum Gasteiger partial charge on any atom is 0.330 e. The monoisotopic (exact) mass is 734 g/mol. The minimum atomic E-state index is -1.73. The Labute approximate surface area is 292 Å². The van der Waals surface area contributed by atoms with Crippen molar-refractivity contribution in [2.24, 2.45) is 20.5 Å². The topological polar surface area (TPSA) is 400 Å². The van der Waals surface area contributed by atoms with Gasteiger partial charge in [0.2, 0.25) is 0 Å². The fourth-order valence-electron chi connectivity index (χ4n) is 6.29. The molecule has 7 N–H and O–H groups in total. The summed E-state index contributed by atoms with van der Waals surface area (Å²) in [5.74, 6) is -0.629. The van der Waals surface area contributed by atoms with Gasteiger partial charge in [0.25, 0.3) is 11.5 Å². The van der Waals surface area contributed by atoms with Crippen molar-refractivity contribution >= 4 is 5.91 Å². The lowest BCUT2D eigenvalue weighted by atomic mass is 9.82. The van der Waals surface area contributed by atoms with Gasteiger partial charge >= 0.3 is 5.69 Å². The predicted molar refractivity (Wildman–Crippen MR) is 174 cm³/mol. The highest BCUT2D eigenvalue weighted by atomic mass is 16.7. The number of nitrogens with zero attached hydrogens (tertiary/aromatic N) is 13. The predicted octanol–water partition coefficient (Wildman–Crippen LogP) is -0.708. The molecule has 26 heteroatoms. The van der Waals surface area contributed by atoms with E-state index in [2.05, 4.69) is 55.7 Å². The van der Waals surface area contributed by atoms with Crippen LogP contribution in [0, 0.1) is 6.92 Å². The number of rotatable bonds is 15. The molecule has 3 aliphatic rings. The summed E-state index contributed by atoms with van der Waals surface area (Å²) >= 11 is 0. The van der Waals surface area contributed by atoms with Crippen LogP contribution in [0.3, 0.4) is 0 Å². The maximum absolute atomic E-state index is 12.8. The molecule has 282 valence electrons. The van der Waals surface area contributed by atoms with E-state index in [1.165, 1.54) is 13.1 Å². The third-order valence-corrected chi connectivity index (χ3v) is 8.94. The van der Waals surface area contributed by atoms with Gasteiger partial charge in [-0.25, -0.2) is 4.79 Å². The Bertz CT molecular complexity index is 1730. The van der Waals surface area contributed by atoms with Gasteiger partial charge in [-0.3, -0.25) is 19.1 Å². The molecule has 1 amide bonds. The van der Waals surface area contributed by atoms with Crippen LogP contribution in [-0.4, -0.2) is 129 Å². The second-order valence-corrected chi connectivity index (χ2v) is 12.3. The highest BCUT2D eigenvalue weighted by molar-refractivity contribution is 5.81. The minimum absolute atomic E-state index is 0.0719. The van der Waals surface area contributed by atoms with E-state index in [-0.39, 0.29) is 31.5 Å². The van der Waals surface area contributed by atoms with Crippen molar-refractivity contribution in [1.29, 1.82) is 0 Å². The number of azide groups is 4. The lowest BCUT2D eigenvalue weighted by Crippen LogP contribution is -2.65. The van der Waals surface area contributed by atoms with Gasteiger partial charge in [-0.2, -0.15) is 0 Å². The Balaban J connectivity index is 1.39. The zero-order chi connectivity index (χ0) is 37.9. The first-order valence-corrected chi connectivity index (χ1v) is 16.1. The number of amides is 1. The van der Waals surface area contributed by atoms with E-state index >= 15 is 0 Å². The van der Waals surface area contributed by atoms with E-state index in [0.717, 1.165) is 4.57 Å². The number of aromatic amines is 1. The molecule has 1 aromatic heterocycles. The van der Waals surface area contributed by atoms with Crippen molar-refractivity contribution < 1.29 is 39.4 Å². The summed E-state index contributed by atoms with van der Waals surface area (Å²) in [6.07, 6.45) is -10.6. The third kappa shape index (κ3) is 9.29. The molecule has 2 aliphatic heterocycles. The smallest absolute Gasteiger partial charge is 0.330 e. The molecule has 0 bridgehead atoms. The number of aryl methyl sites for hydroxylation is 1. The molecule has 0 unspecified atom stereocenters. The van der Waals surface area contributed by atoms with Gasteiger partial charge in [-0.05, 0) is 54.9 Å². The van der Waals surface area contributed by atoms with Crippen molar-refractivity contribution in [2.75, 3.05) is 19.6 Å². The number of carbonyl (C=O) groups is 1. The molecule has 0 spiro atoms. The summed E-state index contributed by atoms with van der Waals surface area (Å²) in [7, 11) is 0. The number of unbranched alkanes of at least 4 members (excludes halogenated alkanes) is 1. The van der Waals surface area contributed by atoms with E-state index in [4.69, 9.17) is 30.8 Å². The van der Waals surface area contributed by atoms with Crippen molar-refractivity contribution in [3.05, 3.63) is 74.4 Å². The van der Waals surface area contributed by atoms with Crippen molar-refractivity contribution in [3.63, 3.8) is 0 Å². The number of aliphatic hydroxyl groups is 4. The van der Waals surface area contributed by atoms with Gasteiger partial charge in [0, 0.05) is 44.4 Å². The molecule has 0 aromatic carbocycles. The first-order valence-electron chi connectivity index (χ1n) is 16.1. The Morgan fingerprint density at radius 1 is 0.962 bits per heavy atom. The number of ether oxygens (including phenoxy) is 3. The second-order valence-electron chi connectivity index (χ2n) is 12.3. The van der Waals surface area contributed by atoms with Crippen LogP contribution in [-0.2, 0) is 19.0 Å². The molecule has 1 aliphatic carbocycles. The van der Waals surface area contributed by atoms with Crippen LogP contribution in [0.2, 0.25) is 0 Å². The van der Waals surface area contributed by atoms with Gasteiger partial charge < -0.3 is 45.3 Å². The first kappa shape index (κ1) is 39.8. The van der Waals surface area contributed by atoms with E-state index in [1.807, 2.05) is 0 Å². The van der Waals surface area contributed by atoms with Crippen LogP contribution in [0.25, 0.3) is 41.8 Å². The van der Waals surface area contributed by atoms with E-state index in [1.54, 1.807) is 0 Å². The summed E-state index contributed by atoms with van der Waals surface area (Å²) in [5.41, 5.74) is 35.1. The maximum atomic E-state index is 12.8. The average Bonchev–Trinajstić information content (AvgIpc) is 3.50. The summed E-state index contributed by atoms with van der Waals surface area (Å²) in [6, 6.07) is -4.79. The molecule has 3 fully saturated rings. The number of H-pyrrole nitrogens is 1. The summed E-state index contributed by atoms with van der Waals surface area (Å²) in [6.45, 7) is 1.35. The molecule has 52 heavy (non-hydrogen) atoms. The van der Waals surface area contributed by atoms with Crippen LogP contribution in [0.1, 0.15) is 37.5 Å². The lowest BCUT2D eigenvalue weighted by Gasteiger charge is -2.47. The van der Waals surface area contributed by atoms with Crippen LogP contribution in [0.4, 0.5) is 0 Å². The third-order valence-electron chi connectivity index (χ3n) is 8.94. The van der Waals surface area contributed by atoms with Gasteiger partial charge in [-0.15, -0.1) is 0 Å². The minimum Gasteiger partial charge on any atom is -0.391 e. The zero-order valence-electron chi connectivity index (χ0n) is 27.6. The average molecular weight is 735 g/mol. The van der Waals surface area contributed by atoms with Crippen LogP contribution in [0.5, 0.6) is 0 Å². The Morgan fingerprint density at radius 3 is 2.35 bits per heavy atom. The molecular weight excluding hydrogens is 696 g/mol. The normalized spacial score (nSPS) is 34.1. The number of nitrogens with one attached hydrogen (secondary N) is 3. The molecule has 4 rings (SSSR count). The Hall–Kier alpha value is -4.93. The quantitative estimate of drug-likeness (QED) is 0.0511. The number of hydrogen-bond donors (Lipinski definition) is 7. The molecule has 26 nitrogen and oxygen atoms in total. The molecule has 1 saturated carbocycles. The molecule has 13 atom stereocenters. The summed E-state index contributed by atoms with van der Waals surface area (Å²) < 4.78 is 18.5. The van der Waals surface area contributed by atoms with E-state index in [0.29, 0.717) is 12.8 Å². The number of aromatic nitrogens is 2. The standard InChI is InChI=1S/C26H38N16O10/c1-10-9-42(26(49)34-23(10)47)15-7-13(43)22(51-15)24(48)32-5-3-2-4-31-16-18(44)11(35-39-28)6-12(36-40-29)21(16)52-25-17(37-41-30)20(46)19(45)14(50-25)8-33-38-27/h9,11-22,25,31,43-46H,2-8H2,1H3,(H,32,48)(H,34,47,49)/t11-,12+,13+,14-,15-,16+,17-,18+,19-,20-,21-,22+,25-/m1/s1. The SMILES string of the molecule is Cc1cn([C@H]2C[C@H](O)[C@@H](C(=O)NCCCCN[C@H]3[C@@H](O)[C@H](N=[N+]=[N-])C[C@H](N=[N+]=[N-])[C@H]3O[C@H]3O[C@H](CN=[N+]=[N-])[C@@H](O)[C@H](O)[C@H]3N=[N+]=[N-])O2)c(=O)[nH]c1=O. The van der Waals surface area contributed by atoms with E-state index in [9.17, 15) is 40.3 Å². The highest BCUT2D eigenvalue weighted by Crippen LogP contribution is 2.33. The van der Waals surface area contributed by atoms with Crippen molar-refractivity contribution in [3.8, 4) is 0 Å². The molecule has 0 radical (unpaired) electrons. The number of aliphatic hydroxyl groups excluding tert-OH is 4. The van der Waals surface area contributed by atoms with Crippen LogP contribution in [0.15, 0.2) is 36.2 Å². The fraction of sp³-hybridized carbons (Fsp3) is 0.808. The van der Waals surface area contributed by atoms with Crippen LogP contribution >= 0.6 is 0 Å². The summed E-state index contributed by atoms with van der Waals surface area (Å²) in [4.78, 5) is 49.7. The van der Waals surface area contributed by atoms with Crippen molar-refractivity contribution in [2.45, 2.75) is 112 Å². The largest absolute Gasteiger partial charge is 0.391 e. The number of hydrogen-bond acceptors (Lipinski definition) is 15. The molecular formula is C26H38N16O10. The molecule has 1 aromatic rings. The second kappa shape index (κ2) is 18.5.